The van der Waals surface area contributed by atoms with Crippen LogP contribution < -0.4 is 5.32 Å². The molecule has 0 spiro atoms. The molecule has 0 radical (unpaired) electrons. The van der Waals surface area contributed by atoms with E-state index in [-0.39, 0.29) is 0 Å². The first-order chi connectivity index (χ1) is 8.72. The van der Waals surface area contributed by atoms with E-state index < -0.39 is 0 Å². The summed E-state index contributed by atoms with van der Waals surface area (Å²) in [5.41, 5.74) is 6.08. The Hall–Kier alpha value is -1.28. The van der Waals surface area contributed by atoms with Gasteiger partial charge in [0.2, 0.25) is 0 Å². The number of anilines is 1. The van der Waals surface area contributed by atoms with Gasteiger partial charge in [-0.15, -0.1) is 0 Å². The Morgan fingerprint density at radius 2 is 2.17 bits per heavy atom. The lowest BCUT2D eigenvalue weighted by atomic mass is 10.0. The molecule has 0 amide bonds. The molecule has 18 heavy (non-hydrogen) atoms. The van der Waals surface area contributed by atoms with E-state index in [4.69, 9.17) is 16.6 Å². The number of benzene rings is 1. The molecule has 0 fully saturated rings. The number of aryl methyl sites for hydroxylation is 2. The molecule has 1 N–H and O–H groups in total. The molecule has 0 saturated heterocycles. The van der Waals surface area contributed by atoms with Crippen molar-refractivity contribution in [2.75, 3.05) is 11.9 Å². The van der Waals surface area contributed by atoms with Crippen LogP contribution in [0.25, 0.3) is 10.9 Å². The zero-order valence-corrected chi connectivity index (χ0v) is 11.6. The molecular weight excluding hydrogens is 244 g/mol. The number of hydrogen-bond acceptors (Lipinski definition) is 2. The Bertz CT molecular complexity index is 620. The van der Waals surface area contributed by atoms with E-state index in [1.54, 1.807) is 0 Å². The number of nitrogens with one attached hydrogen (secondary N) is 1. The third-order valence-electron chi connectivity index (χ3n) is 3.68. The van der Waals surface area contributed by atoms with Crippen LogP contribution in [0.1, 0.15) is 30.2 Å². The van der Waals surface area contributed by atoms with E-state index in [0.717, 1.165) is 29.9 Å². The lowest BCUT2D eigenvalue weighted by molar-refractivity contribution is 0.901. The van der Waals surface area contributed by atoms with Gasteiger partial charge < -0.3 is 5.32 Å². The lowest BCUT2D eigenvalue weighted by Gasteiger charge is -2.15. The summed E-state index contributed by atoms with van der Waals surface area (Å²) in [4.78, 5) is 4.79. The summed E-state index contributed by atoms with van der Waals surface area (Å²) in [6, 6.07) is 4.03. The molecule has 1 aromatic heterocycles. The van der Waals surface area contributed by atoms with Gasteiger partial charge in [-0.25, -0.2) is 0 Å². The van der Waals surface area contributed by atoms with Gasteiger partial charge in [-0.2, -0.15) is 0 Å². The van der Waals surface area contributed by atoms with Crippen molar-refractivity contribution in [2.45, 2.75) is 33.1 Å². The third kappa shape index (κ3) is 1.67. The van der Waals surface area contributed by atoms with E-state index >= 15 is 0 Å². The van der Waals surface area contributed by atoms with Crippen LogP contribution in [0.4, 0.5) is 5.69 Å². The standard InChI is InChI=1S/C15H17ClN2/c1-3-17-14-10-5-4-6-12(10)18-15-11(16)8-7-9(2)13(14)15/h7-8H,3-6H2,1-2H3,(H,17,18). The van der Waals surface area contributed by atoms with Crippen LogP contribution in [0.3, 0.4) is 0 Å². The first-order valence-electron chi connectivity index (χ1n) is 6.56. The summed E-state index contributed by atoms with van der Waals surface area (Å²) in [6.45, 7) is 5.19. The molecule has 2 aromatic rings. The van der Waals surface area contributed by atoms with Crippen molar-refractivity contribution >= 4 is 28.2 Å². The van der Waals surface area contributed by atoms with E-state index in [2.05, 4.69) is 25.2 Å². The highest BCUT2D eigenvalue weighted by Gasteiger charge is 2.21. The fourth-order valence-corrected chi connectivity index (χ4v) is 3.07. The second kappa shape index (κ2) is 4.43. The van der Waals surface area contributed by atoms with Gasteiger partial charge in [0.05, 0.1) is 10.5 Å². The predicted molar refractivity (Wildman–Crippen MR) is 77.7 cm³/mol. The first kappa shape index (κ1) is 11.8. The Labute approximate surface area is 112 Å². The lowest BCUT2D eigenvalue weighted by Crippen LogP contribution is -2.04. The van der Waals surface area contributed by atoms with Crippen molar-refractivity contribution in [3.8, 4) is 0 Å². The van der Waals surface area contributed by atoms with Crippen molar-refractivity contribution in [1.82, 2.24) is 4.98 Å². The quantitative estimate of drug-likeness (QED) is 0.879. The Balaban J connectivity index is 2.42. The smallest absolute Gasteiger partial charge is 0.0915 e. The Kier molecular flexibility index (Phi) is 2.90. The van der Waals surface area contributed by atoms with Gasteiger partial charge in [0.1, 0.15) is 0 Å². The van der Waals surface area contributed by atoms with Crippen LogP contribution in [-0.4, -0.2) is 11.5 Å². The zero-order valence-electron chi connectivity index (χ0n) is 10.8. The van der Waals surface area contributed by atoms with Crippen molar-refractivity contribution in [3.63, 3.8) is 0 Å². The summed E-state index contributed by atoms with van der Waals surface area (Å²) in [5.74, 6) is 0. The minimum Gasteiger partial charge on any atom is -0.384 e. The molecular formula is C15H17ClN2. The summed E-state index contributed by atoms with van der Waals surface area (Å²) < 4.78 is 0. The van der Waals surface area contributed by atoms with Crippen LogP contribution in [0.15, 0.2) is 12.1 Å². The topological polar surface area (TPSA) is 24.9 Å². The molecule has 0 unspecified atom stereocenters. The monoisotopic (exact) mass is 260 g/mol. The highest BCUT2D eigenvalue weighted by atomic mass is 35.5. The van der Waals surface area contributed by atoms with Gasteiger partial charge >= 0.3 is 0 Å². The first-order valence-corrected chi connectivity index (χ1v) is 6.94. The Morgan fingerprint density at radius 3 is 2.94 bits per heavy atom. The summed E-state index contributed by atoms with van der Waals surface area (Å²) in [5, 5.41) is 5.47. The number of pyridine rings is 1. The normalized spacial score (nSPS) is 13.9. The van der Waals surface area contributed by atoms with Crippen LogP contribution in [-0.2, 0) is 12.8 Å². The predicted octanol–water partition coefficient (Wildman–Crippen LogP) is 4.12. The molecule has 0 saturated carbocycles. The molecule has 2 nitrogen and oxygen atoms in total. The number of aromatic nitrogens is 1. The fourth-order valence-electron chi connectivity index (χ4n) is 2.87. The van der Waals surface area contributed by atoms with Crippen LogP contribution in [0, 0.1) is 6.92 Å². The summed E-state index contributed by atoms with van der Waals surface area (Å²) in [7, 11) is 0. The second-order valence-corrected chi connectivity index (χ2v) is 5.29. The van der Waals surface area contributed by atoms with Gasteiger partial charge in [0.25, 0.3) is 0 Å². The molecule has 1 heterocycles. The van der Waals surface area contributed by atoms with Gasteiger partial charge in [-0.05, 0) is 50.3 Å². The van der Waals surface area contributed by atoms with Gasteiger partial charge in [0, 0.05) is 23.3 Å². The Morgan fingerprint density at radius 1 is 1.33 bits per heavy atom. The number of nitrogens with zero attached hydrogens (tertiary/aromatic N) is 1. The van der Waals surface area contributed by atoms with Gasteiger partial charge in [-0.3, -0.25) is 4.98 Å². The van der Waals surface area contributed by atoms with Gasteiger partial charge in [0.15, 0.2) is 0 Å². The minimum absolute atomic E-state index is 0.754. The van der Waals surface area contributed by atoms with Crippen LogP contribution in [0.2, 0.25) is 5.02 Å². The molecule has 0 bridgehead atoms. The highest BCUT2D eigenvalue weighted by molar-refractivity contribution is 6.35. The molecule has 0 atom stereocenters. The average Bonchev–Trinajstić information content (AvgIpc) is 2.82. The second-order valence-electron chi connectivity index (χ2n) is 4.88. The van der Waals surface area contributed by atoms with E-state index in [0.29, 0.717) is 0 Å². The highest BCUT2D eigenvalue weighted by Crippen LogP contribution is 2.38. The number of rotatable bonds is 2. The van der Waals surface area contributed by atoms with Crippen molar-refractivity contribution in [3.05, 3.63) is 34.0 Å². The van der Waals surface area contributed by atoms with Crippen molar-refractivity contribution in [2.24, 2.45) is 0 Å². The number of hydrogen-bond donors (Lipinski definition) is 1. The van der Waals surface area contributed by atoms with Gasteiger partial charge in [-0.1, -0.05) is 17.7 Å². The molecule has 94 valence electrons. The SMILES string of the molecule is CCNc1c2c(nc3c(Cl)ccc(C)c13)CCC2. The van der Waals surface area contributed by atoms with E-state index in [9.17, 15) is 0 Å². The average molecular weight is 261 g/mol. The minimum atomic E-state index is 0.754. The van der Waals surface area contributed by atoms with Crippen molar-refractivity contribution in [1.29, 1.82) is 0 Å². The maximum absolute atomic E-state index is 6.31. The molecule has 0 aliphatic heterocycles. The summed E-state index contributed by atoms with van der Waals surface area (Å²) >= 11 is 6.31. The molecule has 3 rings (SSSR count). The largest absolute Gasteiger partial charge is 0.384 e. The summed E-state index contributed by atoms with van der Waals surface area (Å²) in [6.07, 6.45) is 3.41. The van der Waals surface area contributed by atoms with Crippen LogP contribution >= 0.6 is 11.6 Å². The maximum Gasteiger partial charge on any atom is 0.0915 e. The van der Waals surface area contributed by atoms with E-state index in [1.165, 1.54) is 34.3 Å². The molecule has 1 aliphatic rings. The molecule has 1 aromatic carbocycles. The maximum atomic E-state index is 6.31. The molecule has 1 aliphatic carbocycles. The fraction of sp³-hybridized carbons (Fsp3) is 0.400. The zero-order chi connectivity index (χ0) is 12.7. The van der Waals surface area contributed by atoms with Crippen LogP contribution in [0.5, 0.6) is 0 Å². The van der Waals surface area contributed by atoms with Crippen molar-refractivity contribution < 1.29 is 0 Å². The van der Waals surface area contributed by atoms with E-state index in [1.807, 2.05) is 6.07 Å². The number of halogens is 1. The molecule has 3 heteroatoms. The third-order valence-corrected chi connectivity index (χ3v) is 3.98. The number of fused-ring (bicyclic) bond motifs is 2.